The van der Waals surface area contributed by atoms with Crippen molar-refractivity contribution in [3.05, 3.63) is 70.8 Å². The lowest BCUT2D eigenvalue weighted by molar-refractivity contribution is 0.102. The van der Waals surface area contributed by atoms with Gasteiger partial charge in [-0.3, -0.25) is 9.59 Å². The van der Waals surface area contributed by atoms with Crippen molar-refractivity contribution in [3.8, 4) is 23.1 Å². The Morgan fingerprint density at radius 2 is 2.12 bits per heavy atom. The Kier molecular flexibility index (Phi) is 5.22. The lowest BCUT2D eigenvalue weighted by Gasteiger charge is -2.09. The van der Waals surface area contributed by atoms with Gasteiger partial charge in [0, 0.05) is 36.6 Å². The molecule has 4 aromatic heterocycles. The van der Waals surface area contributed by atoms with Crippen LogP contribution in [0.1, 0.15) is 17.3 Å². The number of nitrogens with two attached hydrogens (primary N) is 1. The summed E-state index contributed by atoms with van der Waals surface area (Å²) in [5, 5.41) is 10.2. The summed E-state index contributed by atoms with van der Waals surface area (Å²) in [6.07, 6.45) is 2.94. The first kappa shape index (κ1) is 20.9. The molecule has 0 radical (unpaired) electrons. The van der Waals surface area contributed by atoms with Gasteiger partial charge in [0.2, 0.25) is 11.4 Å². The molecule has 0 aliphatic carbocycles. The summed E-state index contributed by atoms with van der Waals surface area (Å²) in [7, 11) is 0. The molecule has 0 saturated carbocycles. The molecule has 5 aromatic rings. The van der Waals surface area contributed by atoms with Gasteiger partial charge in [0.05, 0.1) is 17.3 Å². The van der Waals surface area contributed by atoms with Crippen LogP contribution in [0, 0.1) is 0 Å². The molecule has 12 heteroatoms. The average molecular weight is 458 g/mol. The van der Waals surface area contributed by atoms with Gasteiger partial charge in [-0.15, -0.1) is 0 Å². The van der Waals surface area contributed by atoms with Gasteiger partial charge in [0.25, 0.3) is 5.91 Å². The van der Waals surface area contributed by atoms with Gasteiger partial charge >= 0.3 is 0 Å². The van der Waals surface area contributed by atoms with Crippen LogP contribution >= 0.6 is 0 Å². The lowest BCUT2D eigenvalue weighted by atomic mass is 10.2. The number of aromatic amines is 1. The Bertz CT molecular complexity index is 1550. The smallest absolute Gasteiger partial charge is 0.257 e. The van der Waals surface area contributed by atoms with Crippen LogP contribution in [0.2, 0.25) is 0 Å². The fourth-order valence-electron chi connectivity index (χ4n) is 3.43. The highest BCUT2D eigenvalue weighted by atomic mass is 16.6. The third-order valence-electron chi connectivity index (χ3n) is 5.01. The highest BCUT2D eigenvalue weighted by molar-refractivity contribution is 6.04. The number of hydrogen-bond donors (Lipinski definition) is 3. The van der Waals surface area contributed by atoms with E-state index >= 15 is 0 Å². The van der Waals surface area contributed by atoms with Crippen LogP contribution < -0.4 is 21.3 Å². The molecule has 1 amide bonds. The molecule has 5 rings (SSSR count). The quantitative estimate of drug-likeness (QED) is 0.346. The zero-order chi connectivity index (χ0) is 23.7. The highest BCUT2D eigenvalue weighted by Gasteiger charge is 2.19. The van der Waals surface area contributed by atoms with E-state index in [0.717, 1.165) is 5.52 Å². The normalized spacial score (nSPS) is 11.0. The fourth-order valence-corrected chi connectivity index (χ4v) is 3.43. The molecule has 0 unspecified atom stereocenters. The van der Waals surface area contributed by atoms with E-state index in [1.54, 1.807) is 36.5 Å². The summed E-state index contributed by atoms with van der Waals surface area (Å²) in [6, 6.07) is 11.4. The Morgan fingerprint density at radius 1 is 1.24 bits per heavy atom. The SMILES string of the molecule is CCn1c(-c2nonc2N)nc2cnc(Oc3cccc(NC(=O)c4ccc(=O)[nH]c4)c3)cc21. The van der Waals surface area contributed by atoms with Gasteiger partial charge < -0.3 is 25.3 Å². The minimum atomic E-state index is -0.367. The van der Waals surface area contributed by atoms with Gasteiger partial charge in [-0.25, -0.2) is 14.6 Å². The van der Waals surface area contributed by atoms with Crippen molar-refractivity contribution in [1.82, 2.24) is 29.8 Å². The van der Waals surface area contributed by atoms with Gasteiger partial charge in [-0.2, -0.15) is 0 Å². The number of nitrogens with one attached hydrogen (secondary N) is 2. The lowest BCUT2D eigenvalue weighted by Crippen LogP contribution is -2.14. The first-order valence-corrected chi connectivity index (χ1v) is 10.2. The molecule has 0 atom stereocenters. The van der Waals surface area contributed by atoms with Crippen molar-refractivity contribution in [2.45, 2.75) is 13.5 Å². The van der Waals surface area contributed by atoms with E-state index in [2.05, 4.69) is 30.6 Å². The van der Waals surface area contributed by atoms with E-state index in [0.29, 0.717) is 46.5 Å². The van der Waals surface area contributed by atoms with Crippen molar-refractivity contribution < 1.29 is 14.2 Å². The number of amides is 1. The van der Waals surface area contributed by atoms with E-state index in [1.807, 2.05) is 11.5 Å². The Hall–Kier alpha value is -5.00. The fraction of sp³-hybridized carbons (Fsp3) is 0.0909. The molecule has 12 nitrogen and oxygen atoms in total. The number of rotatable bonds is 6. The van der Waals surface area contributed by atoms with Crippen LogP contribution in [-0.2, 0) is 6.54 Å². The highest BCUT2D eigenvalue weighted by Crippen LogP contribution is 2.30. The molecule has 0 spiro atoms. The maximum Gasteiger partial charge on any atom is 0.257 e. The number of carbonyl (C=O) groups excluding carboxylic acids is 1. The number of hydrogen-bond acceptors (Lipinski definition) is 9. The number of H-pyrrole nitrogens is 1. The van der Waals surface area contributed by atoms with Crippen molar-refractivity contribution in [1.29, 1.82) is 0 Å². The molecule has 4 N–H and O–H groups in total. The molecule has 0 bridgehead atoms. The van der Waals surface area contributed by atoms with E-state index in [-0.39, 0.29) is 17.3 Å². The van der Waals surface area contributed by atoms with Crippen molar-refractivity contribution in [2.75, 3.05) is 11.1 Å². The van der Waals surface area contributed by atoms with Crippen molar-refractivity contribution in [2.24, 2.45) is 0 Å². The van der Waals surface area contributed by atoms with Crippen LogP contribution in [0.15, 0.2) is 64.3 Å². The number of ether oxygens (including phenoxy) is 1. The maximum absolute atomic E-state index is 12.4. The summed E-state index contributed by atoms with van der Waals surface area (Å²) >= 11 is 0. The molecular weight excluding hydrogens is 440 g/mol. The van der Waals surface area contributed by atoms with Crippen molar-refractivity contribution in [3.63, 3.8) is 0 Å². The second-order valence-electron chi connectivity index (χ2n) is 7.21. The minimum absolute atomic E-state index is 0.148. The molecule has 0 saturated heterocycles. The first-order valence-electron chi connectivity index (χ1n) is 10.2. The standard InChI is InChI=1S/C22H18N8O4/c1-2-30-16-9-18(25-11-15(16)27-21(30)19-20(23)29-34-28-19)33-14-5-3-4-13(8-14)26-22(32)12-6-7-17(31)24-10-12/h3-11H,2H2,1H3,(H2,23,29)(H,24,31)(H,26,32). The number of aryl methyl sites for hydroxylation is 1. The maximum atomic E-state index is 12.4. The first-order chi connectivity index (χ1) is 16.5. The second-order valence-corrected chi connectivity index (χ2v) is 7.21. The third-order valence-corrected chi connectivity index (χ3v) is 5.01. The number of nitrogens with zero attached hydrogens (tertiary/aromatic N) is 5. The predicted molar refractivity (Wildman–Crippen MR) is 122 cm³/mol. The van der Waals surface area contributed by atoms with Crippen LogP contribution in [0.4, 0.5) is 11.5 Å². The number of anilines is 2. The van der Waals surface area contributed by atoms with Gasteiger partial charge in [0.1, 0.15) is 11.3 Å². The molecule has 0 aliphatic heterocycles. The second kappa shape index (κ2) is 8.50. The summed E-state index contributed by atoms with van der Waals surface area (Å²) in [5.41, 5.74) is 8.15. The van der Waals surface area contributed by atoms with E-state index in [9.17, 15) is 9.59 Å². The van der Waals surface area contributed by atoms with E-state index in [4.69, 9.17) is 15.1 Å². The van der Waals surface area contributed by atoms with Gasteiger partial charge in [0.15, 0.2) is 17.3 Å². The van der Waals surface area contributed by atoms with Gasteiger partial charge in [-0.1, -0.05) is 6.07 Å². The van der Waals surface area contributed by atoms with Gasteiger partial charge in [-0.05, 0) is 35.4 Å². The van der Waals surface area contributed by atoms with Crippen LogP contribution in [0.25, 0.3) is 22.6 Å². The van der Waals surface area contributed by atoms with E-state index in [1.165, 1.54) is 18.3 Å². The summed E-state index contributed by atoms with van der Waals surface area (Å²) in [4.78, 5) is 35.0. The number of aromatic nitrogens is 6. The van der Waals surface area contributed by atoms with E-state index < -0.39 is 0 Å². The van der Waals surface area contributed by atoms with Crippen LogP contribution in [0.5, 0.6) is 11.6 Å². The zero-order valence-electron chi connectivity index (χ0n) is 17.8. The number of benzene rings is 1. The molecule has 1 aromatic carbocycles. The molecule has 0 fully saturated rings. The molecule has 34 heavy (non-hydrogen) atoms. The number of imidazole rings is 1. The number of nitrogen functional groups attached to an aromatic ring is 1. The Labute approximate surface area is 191 Å². The number of fused-ring (bicyclic) bond motifs is 1. The summed E-state index contributed by atoms with van der Waals surface area (Å²) in [6.45, 7) is 2.55. The largest absolute Gasteiger partial charge is 0.439 e. The molecule has 0 aliphatic rings. The Morgan fingerprint density at radius 3 is 2.85 bits per heavy atom. The predicted octanol–water partition coefficient (Wildman–Crippen LogP) is 2.82. The Balaban J connectivity index is 1.40. The molecular formula is C22H18N8O4. The molecule has 170 valence electrons. The number of pyridine rings is 2. The summed E-state index contributed by atoms with van der Waals surface area (Å²) in [5.74, 6) is 1.11. The topological polar surface area (TPSA) is 167 Å². The zero-order valence-corrected chi connectivity index (χ0v) is 17.8. The third kappa shape index (κ3) is 3.95. The summed E-state index contributed by atoms with van der Waals surface area (Å²) < 4.78 is 12.5. The minimum Gasteiger partial charge on any atom is -0.439 e. The molecule has 4 heterocycles. The van der Waals surface area contributed by atoms with Crippen LogP contribution in [0.3, 0.4) is 0 Å². The average Bonchev–Trinajstić information content (AvgIpc) is 3.42. The van der Waals surface area contributed by atoms with Crippen molar-refractivity contribution >= 4 is 28.4 Å². The number of carbonyl (C=O) groups is 1. The monoisotopic (exact) mass is 458 g/mol. The van der Waals surface area contributed by atoms with Crippen LogP contribution in [-0.4, -0.2) is 35.7 Å².